The second kappa shape index (κ2) is 9.98. The van der Waals surface area contributed by atoms with Crippen molar-refractivity contribution in [3.8, 4) is 17.6 Å². The van der Waals surface area contributed by atoms with Crippen molar-refractivity contribution in [1.29, 1.82) is 5.26 Å². The summed E-state index contributed by atoms with van der Waals surface area (Å²) in [5.74, 6) is 0.397. The minimum absolute atomic E-state index is 0.0713. The molecule has 2 aromatic rings. The average Bonchev–Trinajstić information content (AvgIpc) is 2.70. The van der Waals surface area contributed by atoms with Crippen molar-refractivity contribution in [2.75, 3.05) is 20.8 Å². The number of carbonyl (C=O) groups is 1. The molecule has 0 unspecified atom stereocenters. The molecule has 0 heterocycles. The van der Waals surface area contributed by atoms with Crippen LogP contribution in [0.3, 0.4) is 0 Å². The predicted molar refractivity (Wildman–Crippen MR) is 109 cm³/mol. The second-order valence-electron chi connectivity index (χ2n) is 5.94. The van der Waals surface area contributed by atoms with E-state index in [0.29, 0.717) is 22.6 Å². The van der Waals surface area contributed by atoms with Gasteiger partial charge in [-0.25, -0.2) is 4.79 Å². The summed E-state index contributed by atoms with van der Waals surface area (Å²) in [4.78, 5) is 12.3. The number of esters is 1. The predicted octanol–water partition coefficient (Wildman–Crippen LogP) is 4.57. The maximum absolute atomic E-state index is 12.3. The first-order valence-electron chi connectivity index (χ1n) is 8.82. The zero-order valence-corrected chi connectivity index (χ0v) is 16.5. The van der Waals surface area contributed by atoms with Gasteiger partial charge in [0.2, 0.25) is 0 Å². The van der Waals surface area contributed by atoms with E-state index < -0.39 is 5.97 Å². The first-order valence-corrected chi connectivity index (χ1v) is 8.82. The van der Waals surface area contributed by atoms with Crippen molar-refractivity contribution in [3.63, 3.8) is 0 Å². The third-order valence-corrected chi connectivity index (χ3v) is 4.04. The summed E-state index contributed by atoms with van der Waals surface area (Å²) in [6, 6.07) is 15.1. The molecule has 5 heteroatoms. The maximum Gasteiger partial charge on any atom is 0.349 e. The molecular weight excluding hydrogens is 354 g/mol. The number of hydrogen-bond donors (Lipinski definition) is 0. The van der Waals surface area contributed by atoms with Gasteiger partial charge in [0.05, 0.1) is 20.8 Å². The highest BCUT2D eigenvalue weighted by molar-refractivity contribution is 6.04. The SMILES string of the molecule is CCOC(=O)/C(C#N)=C(/C=C/c1cccc(C)c1)c1ccc(OC)c(OC)c1. The van der Waals surface area contributed by atoms with Crippen molar-refractivity contribution in [3.05, 3.63) is 70.8 Å². The molecule has 0 atom stereocenters. The molecule has 0 spiro atoms. The van der Waals surface area contributed by atoms with Crippen molar-refractivity contribution < 1.29 is 19.0 Å². The van der Waals surface area contributed by atoms with E-state index in [0.717, 1.165) is 11.1 Å². The quantitative estimate of drug-likeness (QED) is 0.306. The van der Waals surface area contributed by atoms with Crippen LogP contribution in [0.15, 0.2) is 54.1 Å². The zero-order valence-electron chi connectivity index (χ0n) is 16.5. The van der Waals surface area contributed by atoms with E-state index >= 15 is 0 Å². The van der Waals surface area contributed by atoms with Gasteiger partial charge in [0.25, 0.3) is 0 Å². The van der Waals surface area contributed by atoms with E-state index in [1.807, 2.05) is 43.3 Å². The lowest BCUT2D eigenvalue weighted by molar-refractivity contribution is -0.137. The lowest BCUT2D eigenvalue weighted by Gasteiger charge is -2.12. The summed E-state index contributed by atoms with van der Waals surface area (Å²) in [5, 5.41) is 9.62. The molecule has 0 aliphatic carbocycles. The normalized spacial score (nSPS) is 11.5. The largest absolute Gasteiger partial charge is 0.493 e. The fourth-order valence-electron chi connectivity index (χ4n) is 2.70. The van der Waals surface area contributed by atoms with Crippen molar-refractivity contribution >= 4 is 17.6 Å². The van der Waals surface area contributed by atoms with Gasteiger partial charge in [0.1, 0.15) is 11.6 Å². The van der Waals surface area contributed by atoms with Crippen LogP contribution in [0, 0.1) is 18.3 Å². The van der Waals surface area contributed by atoms with E-state index in [-0.39, 0.29) is 12.2 Å². The third kappa shape index (κ3) is 5.01. The first kappa shape index (κ1) is 20.8. The molecule has 2 aromatic carbocycles. The number of hydrogen-bond acceptors (Lipinski definition) is 5. The lowest BCUT2D eigenvalue weighted by Crippen LogP contribution is -2.08. The lowest BCUT2D eigenvalue weighted by atomic mass is 9.98. The van der Waals surface area contributed by atoms with Gasteiger partial charge in [-0.1, -0.05) is 48.0 Å². The monoisotopic (exact) mass is 377 g/mol. The number of rotatable bonds is 7. The topological polar surface area (TPSA) is 68.6 Å². The molecule has 2 rings (SSSR count). The number of aryl methyl sites for hydroxylation is 1. The van der Waals surface area contributed by atoms with Crippen LogP contribution < -0.4 is 9.47 Å². The molecule has 0 fully saturated rings. The maximum atomic E-state index is 12.3. The highest BCUT2D eigenvalue weighted by atomic mass is 16.5. The Morgan fingerprint density at radius 3 is 2.46 bits per heavy atom. The molecule has 0 radical (unpaired) electrons. The number of benzene rings is 2. The Labute approximate surface area is 165 Å². The Kier molecular flexibility index (Phi) is 7.41. The minimum Gasteiger partial charge on any atom is -0.493 e. The van der Waals surface area contributed by atoms with E-state index in [4.69, 9.17) is 14.2 Å². The highest BCUT2D eigenvalue weighted by Crippen LogP contribution is 2.32. The van der Waals surface area contributed by atoms with Crippen molar-refractivity contribution in [2.45, 2.75) is 13.8 Å². The number of nitrogens with zero attached hydrogens (tertiary/aromatic N) is 1. The molecule has 0 saturated heterocycles. The van der Waals surface area contributed by atoms with Crippen molar-refractivity contribution in [2.24, 2.45) is 0 Å². The fraction of sp³-hybridized carbons (Fsp3) is 0.217. The molecule has 0 saturated carbocycles. The summed E-state index contributed by atoms with van der Waals surface area (Å²) >= 11 is 0. The molecule has 0 aliphatic heterocycles. The van der Waals surface area contributed by atoms with Crippen LogP contribution in [0.25, 0.3) is 11.6 Å². The van der Waals surface area contributed by atoms with E-state index in [1.165, 1.54) is 7.11 Å². The van der Waals surface area contributed by atoms with Gasteiger partial charge < -0.3 is 14.2 Å². The number of carbonyl (C=O) groups excluding carboxylic acids is 1. The van der Waals surface area contributed by atoms with Gasteiger partial charge in [0.15, 0.2) is 11.5 Å². The van der Waals surface area contributed by atoms with Gasteiger partial charge in [-0.15, -0.1) is 0 Å². The summed E-state index contributed by atoms with van der Waals surface area (Å²) in [6.45, 7) is 3.89. The van der Waals surface area contributed by atoms with Crippen LogP contribution in [-0.2, 0) is 9.53 Å². The molecular formula is C23H23NO4. The second-order valence-corrected chi connectivity index (χ2v) is 5.94. The van der Waals surface area contributed by atoms with Crippen LogP contribution >= 0.6 is 0 Å². The Balaban J connectivity index is 2.62. The Hall–Kier alpha value is -3.52. The average molecular weight is 377 g/mol. The Morgan fingerprint density at radius 2 is 1.86 bits per heavy atom. The third-order valence-electron chi connectivity index (χ3n) is 4.04. The van der Waals surface area contributed by atoms with Gasteiger partial charge in [-0.2, -0.15) is 5.26 Å². The summed E-state index contributed by atoms with van der Waals surface area (Å²) in [7, 11) is 3.08. The Morgan fingerprint density at radius 1 is 1.11 bits per heavy atom. The van der Waals surface area contributed by atoms with E-state index in [9.17, 15) is 10.1 Å². The smallest absolute Gasteiger partial charge is 0.349 e. The molecule has 0 N–H and O–H groups in total. The molecule has 5 nitrogen and oxygen atoms in total. The summed E-state index contributed by atoms with van der Waals surface area (Å²) < 4.78 is 15.7. The van der Waals surface area contributed by atoms with Gasteiger partial charge in [-0.05, 0) is 37.1 Å². The first-order chi connectivity index (χ1) is 13.5. The summed E-state index contributed by atoms with van der Waals surface area (Å²) in [6.07, 6.45) is 3.60. The molecule has 0 aliphatic rings. The standard InChI is InChI=1S/C23H23NO4/c1-5-28-23(25)20(15-24)19(11-9-17-8-6-7-16(2)13-17)18-10-12-21(26-3)22(14-18)27-4/h6-14H,5H2,1-4H3/b11-9+,20-19-. The van der Waals surface area contributed by atoms with E-state index in [1.54, 1.807) is 38.3 Å². The van der Waals surface area contributed by atoms with Crippen LogP contribution in [0.1, 0.15) is 23.6 Å². The number of methoxy groups -OCH3 is 2. The van der Waals surface area contributed by atoms with Crippen LogP contribution in [0.5, 0.6) is 11.5 Å². The number of allylic oxidation sites excluding steroid dienone is 2. The van der Waals surface area contributed by atoms with Crippen molar-refractivity contribution in [1.82, 2.24) is 0 Å². The molecule has 0 bridgehead atoms. The number of nitriles is 1. The van der Waals surface area contributed by atoms with Crippen LogP contribution in [0.4, 0.5) is 0 Å². The van der Waals surface area contributed by atoms with Crippen LogP contribution in [-0.4, -0.2) is 26.8 Å². The highest BCUT2D eigenvalue weighted by Gasteiger charge is 2.18. The van der Waals surface area contributed by atoms with Gasteiger partial charge >= 0.3 is 5.97 Å². The zero-order chi connectivity index (χ0) is 20.5. The van der Waals surface area contributed by atoms with Gasteiger partial charge in [0, 0.05) is 5.57 Å². The number of ether oxygens (including phenoxy) is 3. The van der Waals surface area contributed by atoms with E-state index in [2.05, 4.69) is 0 Å². The summed E-state index contributed by atoms with van der Waals surface area (Å²) in [5.41, 5.74) is 3.09. The molecule has 0 aromatic heterocycles. The minimum atomic E-state index is -0.663. The molecule has 144 valence electrons. The van der Waals surface area contributed by atoms with Gasteiger partial charge in [-0.3, -0.25) is 0 Å². The Bertz CT molecular complexity index is 951. The molecule has 28 heavy (non-hydrogen) atoms. The molecule has 0 amide bonds. The van der Waals surface area contributed by atoms with Crippen LogP contribution in [0.2, 0.25) is 0 Å². The fourth-order valence-corrected chi connectivity index (χ4v) is 2.70.